The Morgan fingerprint density at radius 2 is 1.82 bits per heavy atom. The minimum absolute atomic E-state index is 0.0856. The molecule has 1 amide bonds. The molecule has 0 spiro atoms. The van der Waals surface area contributed by atoms with Gasteiger partial charge in [-0.15, -0.1) is 0 Å². The van der Waals surface area contributed by atoms with Crippen molar-refractivity contribution in [2.24, 2.45) is 11.8 Å². The third-order valence-electron chi connectivity index (χ3n) is 3.01. The molecule has 1 rings (SSSR count). The second kappa shape index (κ2) is 6.12. The fraction of sp³-hybridized carbons (Fsp3) is 0.800. The lowest BCUT2D eigenvalue weighted by atomic mass is 9.79. The van der Waals surface area contributed by atoms with Crippen molar-refractivity contribution in [3.05, 3.63) is 0 Å². The summed E-state index contributed by atoms with van der Waals surface area (Å²) in [5.74, 6) is -2.04. The van der Waals surface area contributed by atoms with Gasteiger partial charge in [-0.1, -0.05) is 47.6 Å². The first-order valence-corrected chi connectivity index (χ1v) is 6.53. The van der Waals surface area contributed by atoms with Gasteiger partial charge in [0.1, 0.15) is 0 Å². The van der Waals surface area contributed by atoms with Crippen molar-refractivity contribution in [2.45, 2.75) is 29.5 Å². The van der Waals surface area contributed by atoms with Crippen LogP contribution >= 0.6 is 34.8 Å². The molecule has 0 aliphatic heterocycles. The van der Waals surface area contributed by atoms with Crippen LogP contribution in [-0.2, 0) is 9.59 Å². The van der Waals surface area contributed by atoms with Crippen LogP contribution in [0.1, 0.15) is 25.7 Å². The predicted octanol–water partition coefficient (Wildman–Crippen LogP) is 2.36. The highest BCUT2D eigenvalue weighted by Crippen LogP contribution is 2.30. The van der Waals surface area contributed by atoms with Crippen molar-refractivity contribution >= 4 is 46.7 Å². The van der Waals surface area contributed by atoms with E-state index in [0.29, 0.717) is 6.42 Å². The third-order valence-corrected chi connectivity index (χ3v) is 3.52. The first-order valence-electron chi connectivity index (χ1n) is 5.40. The number of hydrogen-bond acceptors (Lipinski definition) is 2. The Bertz CT molecular complexity index is 304. The summed E-state index contributed by atoms with van der Waals surface area (Å²) in [5.41, 5.74) is 0. The van der Waals surface area contributed by atoms with Crippen LogP contribution in [0, 0.1) is 11.8 Å². The topological polar surface area (TPSA) is 66.4 Å². The molecule has 0 unspecified atom stereocenters. The molecule has 0 saturated heterocycles. The summed E-state index contributed by atoms with van der Waals surface area (Å²) in [5, 5.41) is 11.5. The van der Waals surface area contributed by atoms with E-state index in [2.05, 4.69) is 5.32 Å². The summed E-state index contributed by atoms with van der Waals surface area (Å²) in [4.78, 5) is 22.3. The highest BCUT2D eigenvalue weighted by atomic mass is 35.6. The number of alkyl halides is 3. The third kappa shape index (κ3) is 4.53. The maximum absolute atomic E-state index is 11.3. The average molecular weight is 303 g/mol. The lowest BCUT2D eigenvalue weighted by molar-refractivity contribution is -0.145. The van der Waals surface area contributed by atoms with Crippen LogP contribution in [0.4, 0.5) is 0 Å². The van der Waals surface area contributed by atoms with Crippen molar-refractivity contribution in [1.29, 1.82) is 0 Å². The van der Waals surface area contributed by atoms with Gasteiger partial charge in [0.2, 0.25) is 0 Å². The first kappa shape index (κ1) is 14.9. The van der Waals surface area contributed by atoms with Crippen molar-refractivity contribution in [2.75, 3.05) is 6.54 Å². The Labute approximate surface area is 115 Å². The quantitative estimate of drug-likeness (QED) is 0.787. The van der Waals surface area contributed by atoms with Gasteiger partial charge in [0, 0.05) is 6.54 Å². The molecule has 2 N–H and O–H groups in total. The van der Waals surface area contributed by atoms with Crippen molar-refractivity contribution in [3.63, 3.8) is 0 Å². The average Bonchev–Trinajstić information content (AvgIpc) is 2.24. The Hall–Kier alpha value is -0.190. The van der Waals surface area contributed by atoms with E-state index in [1.54, 1.807) is 0 Å². The number of carbonyl (C=O) groups is 2. The smallest absolute Gasteiger partial charge is 0.306 e. The molecule has 17 heavy (non-hydrogen) atoms. The van der Waals surface area contributed by atoms with E-state index in [0.717, 1.165) is 19.3 Å². The van der Waals surface area contributed by atoms with Gasteiger partial charge < -0.3 is 10.4 Å². The van der Waals surface area contributed by atoms with Crippen LogP contribution < -0.4 is 5.32 Å². The Morgan fingerprint density at radius 1 is 1.24 bits per heavy atom. The number of aliphatic carboxylic acids is 1. The lowest BCUT2D eigenvalue weighted by Gasteiger charge is -2.28. The Kier molecular flexibility index (Phi) is 5.35. The standard InChI is InChI=1S/C10H14Cl3NO3/c11-10(12,13)9(17)14-5-6-3-1-2-4-7(6)8(15)16/h6-7H,1-5H2,(H,14,17)(H,15,16)/t6-,7-/m0/s1. The van der Waals surface area contributed by atoms with Crippen LogP contribution in [0.25, 0.3) is 0 Å². The van der Waals surface area contributed by atoms with E-state index in [9.17, 15) is 9.59 Å². The molecular formula is C10H14Cl3NO3. The van der Waals surface area contributed by atoms with E-state index in [1.165, 1.54) is 0 Å². The normalized spacial score (nSPS) is 25.4. The maximum atomic E-state index is 11.3. The highest BCUT2D eigenvalue weighted by molar-refractivity contribution is 6.76. The van der Waals surface area contributed by atoms with Gasteiger partial charge in [-0.2, -0.15) is 0 Å². The zero-order valence-corrected chi connectivity index (χ0v) is 11.4. The number of carbonyl (C=O) groups excluding carboxylic acids is 1. The second-order valence-electron chi connectivity index (χ2n) is 4.20. The monoisotopic (exact) mass is 301 g/mol. The number of nitrogens with one attached hydrogen (secondary N) is 1. The molecule has 1 saturated carbocycles. The van der Waals surface area contributed by atoms with Crippen LogP contribution in [0.5, 0.6) is 0 Å². The number of carboxylic acid groups (broad SMARTS) is 1. The van der Waals surface area contributed by atoms with Gasteiger partial charge in [0.15, 0.2) is 0 Å². The summed E-state index contributed by atoms with van der Waals surface area (Å²) in [6.07, 6.45) is 3.30. The minimum atomic E-state index is -1.99. The second-order valence-corrected chi connectivity index (χ2v) is 6.48. The molecule has 1 aliphatic carbocycles. The van der Waals surface area contributed by atoms with Gasteiger partial charge in [0.05, 0.1) is 5.92 Å². The molecule has 4 nitrogen and oxygen atoms in total. The Balaban J connectivity index is 2.49. The molecule has 0 heterocycles. The fourth-order valence-corrected chi connectivity index (χ4v) is 2.30. The molecule has 0 aromatic rings. The Morgan fingerprint density at radius 3 is 2.35 bits per heavy atom. The van der Waals surface area contributed by atoms with Gasteiger partial charge in [0.25, 0.3) is 9.70 Å². The molecule has 0 aromatic heterocycles. The molecule has 0 aromatic carbocycles. The van der Waals surface area contributed by atoms with Gasteiger partial charge >= 0.3 is 5.97 Å². The van der Waals surface area contributed by atoms with Crippen LogP contribution in [-0.4, -0.2) is 27.3 Å². The molecule has 0 bridgehead atoms. The SMILES string of the molecule is O=C(O)[C@H]1CCCC[C@H]1CNC(=O)C(Cl)(Cl)Cl. The van der Waals surface area contributed by atoms with Crippen LogP contribution in [0.2, 0.25) is 0 Å². The molecule has 7 heteroatoms. The molecule has 98 valence electrons. The van der Waals surface area contributed by atoms with Gasteiger partial charge in [-0.25, -0.2) is 0 Å². The number of hydrogen-bond donors (Lipinski definition) is 2. The number of rotatable bonds is 3. The summed E-state index contributed by atoms with van der Waals surface area (Å²) in [6.45, 7) is 0.240. The van der Waals surface area contributed by atoms with Crippen molar-refractivity contribution in [3.8, 4) is 0 Å². The molecule has 2 atom stereocenters. The largest absolute Gasteiger partial charge is 0.481 e. The molecular weight excluding hydrogens is 288 g/mol. The van der Waals surface area contributed by atoms with Crippen LogP contribution in [0.3, 0.4) is 0 Å². The summed E-state index contributed by atoms with van der Waals surface area (Å²) in [6, 6.07) is 0. The molecule has 1 aliphatic rings. The van der Waals surface area contributed by atoms with Gasteiger partial charge in [-0.05, 0) is 18.8 Å². The molecule has 1 fully saturated rings. The highest BCUT2D eigenvalue weighted by Gasteiger charge is 2.34. The number of amides is 1. The summed E-state index contributed by atoms with van der Waals surface area (Å²) >= 11 is 16.2. The van der Waals surface area contributed by atoms with E-state index >= 15 is 0 Å². The zero-order valence-electron chi connectivity index (χ0n) is 9.09. The molecule has 0 radical (unpaired) electrons. The number of halogens is 3. The van der Waals surface area contributed by atoms with E-state index in [1.807, 2.05) is 0 Å². The van der Waals surface area contributed by atoms with Crippen molar-refractivity contribution < 1.29 is 14.7 Å². The van der Waals surface area contributed by atoms with Gasteiger partial charge in [-0.3, -0.25) is 9.59 Å². The van der Waals surface area contributed by atoms with Crippen molar-refractivity contribution in [1.82, 2.24) is 5.32 Å². The van der Waals surface area contributed by atoms with Crippen LogP contribution in [0.15, 0.2) is 0 Å². The zero-order chi connectivity index (χ0) is 13.1. The predicted molar refractivity (Wildman–Crippen MR) is 66.4 cm³/mol. The van der Waals surface area contributed by atoms with E-state index in [-0.39, 0.29) is 12.5 Å². The fourth-order valence-electron chi connectivity index (χ4n) is 2.10. The van der Waals surface area contributed by atoms with E-state index in [4.69, 9.17) is 39.9 Å². The first-order chi connectivity index (χ1) is 7.82. The summed E-state index contributed by atoms with van der Waals surface area (Å²) in [7, 11) is 0. The van der Waals surface area contributed by atoms with E-state index < -0.39 is 21.6 Å². The lowest BCUT2D eigenvalue weighted by Crippen LogP contribution is -2.41. The maximum Gasteiger partial charge on any atom is 0.306 e. The summed E-state index contributed by atoms with van der Waals surface area (Å²) < 4.78 is -1.99. The number of carboxylic acids is 1. The minimum Gasteiger partial charge on any atom is -0.481 e.